The molecule has 0 atom stereocenters. The molecule has 1 aromatic heterocycles. The highest BCUT2D eigenvalue weighted by Crippen LogP contribution is 2.25. The second-order valence-corrected chi connectivity index (χ2v) is 7.20. The predicted octanol–water partition coefficient (Wildman–Crippen LogP) is 1.38. The molecular formula is C12H15BrN4O2S. The van der Waals surface area contributed by atoms with E-state index in [2.05, 4.69) is 30.6 Å². The molecule has 0 fully saturated rings. The smallest absolute Gasteiger partial charge is 0.208 e. The Bertz CT molecular complexity index is 720. The first-order valence-corrected chi connectivity index (χ1v) is 8.61. The molecule has 0 aliphatic carbocycles. The van der Waals surface area contributed by atoms with Crippen molar-refractivity contribution in [1.82, 2.24) is 14.7 Å². The van der Waals surface area contributed by atoms with E-state index in [0.29, 0.717) is 13.1 Å². The van der Waals surface area contributed by atoms with Crippen LogP contribution in [0.1, 0.15) is 0 Å². The van der Waals surface area contributed by atoms with Gasteiger partial charge in [-0.3, -0.25) is 0 Å². The van der Waals surface area contributed by atoms with Crippen molar-refractivity contribution in [3.63, 3.8) is 0 Å². The lowest BCUT2D eigenvalue weighted by Crippen LogP contribution is -2.32. The van der Waals surface area contributed by atoms with Crippen molar-refractivity contribution in [2.45, 2.75) is 0 Å². The minimum atomic E-state index is -3.17. The maximum absolute atomic E-state index is 11.0. The molecule has 1 heterocycles. The Morgan fingerprint density at radius 1 is 1.35 bits per heavy atom. The molecule has 108 valence electrons. The van der Waals surface area contributed by atoms with E-state index in [1.54, 1.807) is 0 Å². The Morgan fingerprint density at radius 2 is 2.10 bits per heavy atom. The van der Waals surface area contributed by atoms with Gasteiger partial charge in [0.2, 0.25) is 10.0 Å². The van der Waals surface area contributed by atoms with E-state index >= 15 is 0 Å². The molecule has 0 aliphatic heterocycles. The SMILES string of the molecule is CN(CCNS(C)(=O)=O)c1ncnc2ccc(Br)cc12. The first kappa shape index (κ1) is 15.1. The number of hydrogen-bond donors (Lipinski definition) is 1. The molecule has 0 bridgehead atoms. The number of halogens is 1. The maximum atomic E-state index is 11.0. The second-order valence-electron chi connectivity index (χ2n) is 4.45. The van der Waals surface area contributed by atoms with Gasteiger partial charge in [-0.15, -0.1) is 0 Å². The highest BCUT2D eigenvalue weighted by molar-refractivity contribution is 9.10. The van der Waals surface area contributed by atoms with Crippen molar-refractivity contribution in [1.29, 1.82) is 0 Å². The van der Waals surface area contributed by atoms with E-state index in [0.717, 1.165) is 27.4 Å². The Kier molecular flexibility index (Phi) is 4.56. The molecule has 1 N–H and O–H groups in total. The van der Waals surface area contributed by atoms with Gasteiger partial charge in [0, 0.05) is 30.0 Å². The number of fused-ring (bicyclic) bond motifs is 1. The first-order chi connectivity index (χ1) is 9.37. The number of nitrogens with zero attached hydrogens (tertiary/aromatic N) is 3. The molecule has 2 aromatic rings. The van der Waals surface area contributed by atoms with Gasteiger partial charge in [0.15, 0.2) is 0 Å². The Morgan fingerprint density at radius 3 is 2.80 bits per heavy atom. The Balaban J connectivity index is 2.21. The van der Waals surface area contributed by atoms with Crippen LogP contribution < -0.4 is 9.62 Å². The van der Waals surface area contributed by atoms with Crippen molar-refractivity contribution in [2.75, 3.05) is 31.3 Å². The zero-order chi connectivity index (χ0) is 14.8. The van der Waals surface area contributed by atoms with E-state index in [1.807, 2.05) is 30.1 Å². The van der Waals surface area contributed by atoms with Crippen molar-refractivity contribution in [2.24, 2.45) is 0 Å². The van der Waals surface area contributed by atoms with Crippen LogP contribution in [0.2, 0.25) is 0 Å². The molecule has 0 amide bonds. The third kappa shape index (κ3) is 3.87. The Labute approximate surface area is 126 Å². The number of sulfonamides is 1. The van der Waals surface area contributed by atoms with Crippen LogP contribution >= 0.6 is 15.9 Å². The van der Waals surface area contributed by atoms with Crippen molar-refractivity contribution in [3.05, 3.63) is 29.0 Å². The number of likely N-dealkylation sites (N-methyl/N-ethyl adjacent to an activating group) is 1. The van der Waals surface area contributed by atoms with Gasteiger partial charge in [0.1, 0.15) is 12.1 Å². The normalized spacial score (nSPS) is 11.8. The van der Waals surface area contributed by atoms with Gasteiger partial charge in [0.25, 0.3) is 0 Å². The van der Waals surface area contributed by atoms with E-state index in [1.165, 1.54) is 6.33 Å². The van der Waals surface area contributed by atoms with Gasteiger partial charge >= 0.3 is 0 Å². The minimum Gasteiger partial charge on any atom is -0.358 e. The highest BCUT2D eigenvalue weighted by atomic mass is 79.9. The van der Waals surface area contributed by atoms with E-state index in [9.17, 15) is 8.42 Å². The zero-order valence-corrected chi connectivity index (χ0v) is 13.6. The topological polar surface area (TPSA) is 75.2 Å². The summed E-state index contributed by atoms with van der Waals surface area (Å²) in [6.07, 6.45) is 2.65. The summed E-state index contributed by atoms with van der Waals surface area (Å²) >= 11 is 3.43. The molecule has 20 heavy (non-hydrogen) atoms. The minimum absolute atomic E-state index is 0.328. The fourth-order valence-corrected chi connectivity index (χ4v) is 2.65. The number of aromatic nitrogens is 2. The molecule has 8 heteroatoms. The van der Waals surface area contributed by atoms with Crippen LogP contribution in [0.3, 0.4) is 0 Å². The Hall–Kier alpha value is -1.25. The monoisotopic (exact) mass is 358 g/mol. The molecule has 1 aromatic carbocycles. The standard InChI is InChI=1S/C12H15BrN4O2S/c1-17(6-5-16-20(2,18)19)12-10-7-9(13)3-4-11(10)14-8-15-12/h3-4,7-8,16H,5-6H2,1-2H3. The lowest BCUT2D eigenvalue weighted by molar-refractivity contribution is 0.587. The van der Waals surface area contributed by atoms with Crippen LogP contribution in [0.4, 0.5) is 5.82 Å². The molecular weight excluding hydrogens is 344 g/mol. The van der Waals surface area contributed by atoms with E-state index in [-0.39, 0.29) is 0 Å². The van der Waals surface area contributed by atoms with E-state index < -0.39 is 10.0 Å². The molecule has 0 saturated heterocycles. The average molecular weight is 359 g/mol. The maximum Gasteiger partial charge on any atom is 0.208 e. The van der Waals surface area contributed by atoms with Crippen LogP contribution in [0.15, 0.2) is 29.0 Å². The predicted molar refractivity (Wildman–Crippen MR) is 83.4 cm³/mol. The van der Waals surface area contributed by atoms with Crippen LogP contribution in [0, 0.1) is 0 Å². The lowest BCUT2D eigenvalue weighted by atomic mass is 10.2. The van der Waals surface area contributed by atoms with Crippen LogP contribution in [0.25, 0.3) is 10.9 Å². The molecule has 0 unspecified atom stereocenters. The summed E-state index contributed by atoms with van der Waals surface area (Å²) in [6, 6.07) is 5.78. The second kappa shape index (κ2) is 6.02. The van der Waals surface area contributed by atoms with Gasteiger partial charge in [-0.2, -0.15) is 0 Å². The number of anilines is 1. The van der Waals surface area contributed by atoms with Crippen molar-refractivity contribution < 1.29 is 8.42 Å². The third-order valence-electron chi connectivity index (χ3n) is 2.75. The number of nitrogens with one attached hydrogen (secondary N) is 1. The van der Waals surface area contributed by atoms with Crippen molar-refractivity contribution >= 4 is 42.7 Å². The van der Waals surface area contributed by atoms with Gasteiger partial charge < -0.3 is 4.90 Å². The third-order valence-corrected chi connectivity index (χ3v) is 3.97. The summed E-state index contributed by atoms with van der Waals surface area (Å²) in [7, 11) is -1.30. The molecule has 0 radical (unpaired) electrons. The number of hydrogen-bond acceptors (Lipinski definition) is 5. The lowest BCUT2D eigenvalue weighted by Gasteiger charge is -2.19. The summed E-state index contributed by atoms with van der Waals surface area (Å²) in [6.45, 7) is 0.848. The fraction of sp³-hybridized carbons (Fsp3) is 0.333. The molecule has 0 aliphatic rings. The fourth-order valence-electron chi connectivity index (χ4n) is 1.82. The highest BCUT2D eigenvalue weighted by Gasteiger charge is 2.09. The molecule has 6 nitrogen and oxygen atoms in total. The van der Waals surface area contributed by atoms with Gasteiger partial charge in [-0.1, -0.05) is 15.9 Å². The summed E-state index contributed by atoms with van der Waals surface area (Å²) in [5, 5.41) is 0.920. The number of benzene rings is 1. The van der Waals surface area contributed by atoms with Crippen LogP contribution in [0.5, 0.6) is 0 Å². The average Bonchev–Trinajstić information content (AvgIpc) is 2.36. The zero-order valence-electron chi connectivity index (χ0n) is 11.2. The van der Waals surface area contributed by atoms with Gasteiger partial charge in [0.05, 0.1) is 11.8 Å². The largest absolute Gasteiger partial charge is 0.358 e. The molecule has 0 spiro atoms. The first-order valence-electron chi connectivity index (χ1n) is 5.93. The van der Waals surface area contributed by atoms with E-state index in [4.69, 9.17) is 0 Å². The van der Waals surface area contributed by atoms with Crippen LogP contribution in [-0.4, -0.2) is 44.8 Å². The summed E-state index contributed by atoms with van der Waals surface area (Å²) in [4.78, 5) is 10.4. The summed E-state index contributed by atoms with van der Waals surface area (Å²) in [5.41, 5.74) is 0.848. The summed E-state index contributed by atoms with van der Waals surface area (Å²) in [5.74, 6) is 0.770. The number of rotatable bonds is 5. The molecule has 0 saturated carbocycles. The summed E-state index contributed by atoms with van der Waals surface area (Å²) < 4.78 is 25.5. The van der Waals surface area contributed by atoms with Crippen LogP contribution in [-0.2, 0) is 10.0 Å². The molecule has 2 rings (SSSR count). The van der Waals surface area contributed by atoms with Gasteiger partial charge in [-0.25, -0.2) is 23.1 Å². The van der Waals surface area contributed by atoms with Gasteiger partial charge in [-0.05, 0) is 18.2 Å². The van der Waals surface area contributed by atoms with Crippen molar-refractivity contribution in [3.8, 4) is 0 Å². The quantitative estimate of drug-likeness (QED) is 0.873.